The smallest absolute Gasteiger partial charge is 0.315 e. The number of hydrogen-bond acceptors (Lipinski definition) is 5. The molecule has 2 N–H and O–H groups in total. The largest absolute Gasteiger partial charge is 0.469 e. The molecule has 27 heavy (non-hydrogen) atoms. The number of hydrogen-bond donors (Lipinski definition) is 2. The first-order valence-corrected chi connectivity index (χ1v) is 9.79. The summed E-state index contributed by atoms with van der Waals surface area (Å²) >= 11 is 0. The molecule has 2 aromatic rings. The van der Waals surface area contributed by atoms with Crippen LogP contribution >= 0.6 is 0 Å². The fraction of sp³-hybridized carbons (Fsp3) is 0.550. The second-order valence-corrected chi connectivity index (χ2v) is 7.54. The normalized spacial score (nSPS) is 20.2. The van der Waals surface area contributed by atoms with Crippen molar-refractivity contribution < 1.29 is 9.21 Å². The summed E-state index contributed by atoms with van der Waals surface area (Å²) in [4.78, 5) is 23.6. The molecule has 4 rings (SSSR count). The lowest BCUT2D eigenvalue weighted by atomic mass is 9.93. The zero-order valence-corrected chi connectivity index (χ0v) is 16.0. The van der Waals surface area contributed by atoms with Crippen molar-refractivity contribution in [2.45, 2.75) is 58.0 Å². The number of anilines is 1. The number of furan rings is 1. The summed E-state index contributed by atoms with van der Waals surface area (Å²) in [7, 11) is 0. The number of nitrogens with one attached hydrogen (secondary N) is 2. The summed E-state index contributed by atoms with van der Waals surface area (Å²) in [6, 6.07) is 4.17. The fourth-order valence-corrected chi connectivity index (χ4v) is 4.13. The first kappa shape index (κ1) is 17.8. The maximum atomic E-state index is 12.5. The Morgan fingerprint density at radius 2 is 2.00 bits per heavy atom. The minimum absolute atomic E-state index is 0.0551. The molecule has 2 aromatic heterocycles. The van der Waals surface area contributed by atoms with E-state index in [1.165, 1.54) is 0 Å². The molecule has 1 saturated heterocycles. The average molecular weight is 369 g/mol. The van der Waals surface area contributed by atoms with Crippen molar-refractivity contribution in [3.8, 4) is 0 Å². The van der Waals surface area contributed by atoms with E-state index in [0.29, 0.717) is 0 Å². The second kappa shape index (κ2) is 7.58. The van der Waals surface area contributed by atoms with Crippen LogP contribution in [0.25, 0.3) is 0 Å². The molecule has 7 heteroatoms. The monoisotopic (exact) mass is 369 g/mol. The summed E-state index contributed by atoms with van der Waals surface area (Å²) in [5.74, 6) is 2.80. The van der Waals surface area contributed by atoms with Crippen molar-refractivity contribution in [2.24, 2.45) is 0 Å². The minimum atomic E-state index is -0.0822. The van der Waals surface area contributed by atoms with E-state index in [0.717, 1.165) is 73.9 Å². The summed E-state index contributed by atoms with van der Waals surface area (Å²) in [5, 5.41) is 6.27. The van der Waals surface area contributed by atoms with Crippen molar-refractivity contribution >= 4 is 11.8 Å². The summed E-state index contributed by atoms with van der Waals surface area (Å²) in [6.07, 6.45) is 6.51. The average Bonchev–Trinajstić information content (AvgIpc) is 3.11. The standard InChI is InChI=1S/C20H27N5O2/c1-13-12-19(22-14(2)21-13)25-9-6-15(7-10-25)23-20(26)24-17-4-3-5-18-16(17)8-11-27-18/h8,11-12,15,17H,3-7,9-10H2,1-2H3,(H2,23,24,26). The van der Waals surface area contributed by atoms with Gasteiger partial charge in [0.2, 0.25) is 0 Å². The highest BCUT2D eigenvalue weighted by molar-refractivity contribution is 5.75. The number of urea groups is 1. The minimum Gasteiger partial charge on any atom is -0.469 e. The third-order valence-corrected chi connectivity index (χ3v) is 5.46. The van der Waals surface area contributed by atoms with E-state index in [2.05, 4.69) is 25.5 Å². The number of rotatable bonds is 3. The van der Waals surface area contributed by atoms with Crippen molar-refractivity contribution in [1.82, 2.24) is 20.6 Å². The topological polar surface area (TPSA) is 83.3 Å². The first-order valence-electron chi connectivity index (χ1n) is 9.79. The highest BCUT2D eigenvalue weighted by Crippen LogP contribution is 2.30. The van der Waals surface area contributed by atoms with Crippen LogP contribution in [-0.4, -0.2) is 35.1 Å². The molecule has 2 aliphatic rings. The van der Waals surface area contributed by atoms with Gasteiger partial charge in [-0.15, -0.1) is 0 Å². The lowest BCUT2D eigenvalue weighted by Gasteiger charge is -2.33. The van der Waals surface area contributed by atoms with E-state index in [-0.39, 0.29) is 18.1 Å². The first-order chi connectivity index (χ1) is 13.1. The fourth-order valence-electron chi connectivity index (χ4n) is 4.13. The number of aryl methyl sites for hydroxylation is 3. The van der Waals surface area contributed by atoms with Crippen molar-refractivity contribution in [3.05, 3.63) is 41.2 Å². The lowest BCUT2D eigenvalue weighted by molar-refractivity contribution is 0.228. The van der Waals surface area contributed by atoms with Gasteiger partial charge in [0.05, 0.1) is 12.3 Å². The summed E-state index contributed by atoms with van der Waals surface area (Å²) in [5.41, 5.74) is 2.11. The van der Waals surface area contributed by atoms with Crippen LogP contribution in [0.15, 0.2) is 22.8 Å². The predicted molar refractivity (Wildman–Crippen MR) is 103 cm³/mol. The van der Waals surface area contributed by atoms with Crippen LogP contribution in [0.3, 0.4) is 0 Å². The van der Waals surface area contributed by atoms with Gasteiger partial charge in [0.1, 0.15) is 17.4 Å². The molecule has 1 atom stereocenters. The van der Waals surface area contributed by atoms with Crippen LogP contribution in [0, 0.1) is 13.8 Å². The Balaban J connectivity index is 1.29. The van der Waals surface area contributed by atoms with Gasteiger partial charge >= 0.3 is 6.03 Å². The second-order valence-electron chi connectivity index (χ2n) is 7.54. The molecule has 1 unspecified atom stereocenters. The molecule has 0 bridgehead atoms. The van der Waals surface area contributed by atoms with Crippen molar-refractivity contribution in [2.75, 3.05) is 18.0 Å². The molecule has 7 nitrogen and oxygen atoms in total. The quantitative estimate of drug-likeness (QED) is 0.869. The Hall–Kier alpha value is -2.57. The maximum Gasteiger partial charge on any atom is 0.315 e. The molecule has 0 radical (unpaired) electrons. The molecule has 0 saturated carbocycles. The molecular weight excluding hydrogens is 342 g/mol. The Bertz CT molecular complexity index is 790. The van der Waals surface area contributed by atoms with Gasteiger partial charge in [0, 0.05) is 42.9 Å². The third kappa shape index (κ3) is 4.07. The number of aromatic nitrogens is 2. The van der Waals surface area contributed by atoms with Gasteiger partial charge < -0.3 is 20.0 Å². The van der Waals surface area contributed by atoms with E-state index in [9.17, 15) is 4.79 Å². The van der Waals surface area contributed by atoms with E-state index in [4.69, 9.17) is 4.42 Å². The molecule has 0 aromatic carbocycles. The zero-order chi connectivity index (χ0) is 18.8. The van der Waals surface area contributed by atoms with Crippen LogP contribution < -0.4 is 15.5 Å². The summed E-state index contributed by atoms with van der Waals surface area (Å²) < 4.78 is 5.50. The van der Waals surface area contributed by atoms with E-state index in [1.807, 2.05) is 26.0 Å². The highest BCUT2D eigenvalue weighted by Gasteiger charge is 2.26. The van der Waals surface area contributed by atoms with Gasteiger partial charge in [-0.1, -0.05) is 0 Å². The Morgan fingerprint density at radius 3 is 2.78 bits per heavy atom. The molecule has 1 aliphatic heterocycles. The van der Waals surface area contributed by atoms with Crippen LogP contribution in [0.1, 0.15) is 54.6 Å². The number of nitrogens with zero attached hydrogens (tertiary/aromatic N) is 3. The van der Waals surface area contributed by atoms with Gasteiger partial charge in [-0.25, -0.2) is 14.8 Å². The van der Waals surface area contributed by atoms with E-state index >= 15 is 0 Å². The van der Waals surface area contributed by atoms with Gasteiger partial charge in [-0.2, -0.15) is 0 Å². The summed E-state index contributed by atoms with van der Waals surface area (Å²) in [6.45, 7) is 5.69. The van der Waals surface area contributed by atoms with Crippen molar-refractivity contribution in [1.29, 1.82) is 0 Å². The lowest BCUT2D eigenvalue weighted by Crippen LogP contribution is -2.49. The van der Waals surface area contributed by atoms with Crippen LogP contribution in [0.2, 0.25) is 0 Å². The van der Waals surface area contributed by atoms with Crippen LogP contribution in [-0.2, 0) is 6.42 Å². The van der Waals surface area contributed by atoms with E-state index in [1.54, 1.807) is 6.26 Å². The van der Waals surface area contributed by atoms with Crippen molar-refractivity contribution in [3.63, 3.8) is 0 Å². The van der Waals surface area contributed by atoms with E-state index < -0.39 is 0 Å². The Morgan fingerprint density at radius 1 is 1.19 bits per heavy atom. The molecule has 144 valence electrons. The number of carbonyl (C=O) groups excluding carboxylic acids is 1. The van der Waals surface area contributed by atoms with Gasteiger partial charge in [0.15, 0.2) is 0 Å². The molecule has 1 fully saturated rings. The SMILES string of the molecule is Cc1cc(N2CCC(NC(=O)NC3CCCc4occc43)CC2)nc(C)n1. The van der Waals surface area contributed by atoms with Gasteiger partial charge in [0.25, 0.3) is 0 Å². The molecule has 2 amide bonds. The number of carbonyl (C=O) groups is 1. The van der Waals surface area contributed by atoms with Gasteiger partial charge in [-0.3, -0.25) is 0 Å². The third-order valence-electron chi connectivity index (χ3n) is 5.46. The maximum absolute atomic E-state index is 12.5. The van der Waals surface area contributed by atoms with Crippen LogP contribution in [0.4, 0.5) is 10.6 Å². The van der Waals surface area contributed by atoms with Crippen LogP contribution in [0.5, 0.6) is 0 Å². The highest BCUT2D eigenvalue weighted by atomic mass is 16.3. The molecule has 1 aliphatic carbocycles. The number of fused-ring (bicyclic) bond motifs is 1. The predicted octanol–water partition coefficient (Wildman–Crippen LogP) is 3.03. The Labute approximate surface area is 159 Å². The number of piperidine rings is 1. The number of amides is 2. The Kier molecular flexibility index (Phi) is 5.01. The molecule has 3 heterocycles. The molecular formula is C20H27N5O2. The van der Waals surface area contributed by atoms with Gasteiger partial charge in [-0.05, 0) is 45.6 Å². The zero-order valence-electron chi connectivity index (χ0n) is 16.0. The molecule has 0 spiro atoms.